The Kier molecular flexibility index (Phi) is 3.73. The number of rotatable bonds is 3. The lowest BCUT2D eigenvalue weighted by Gasteiger charge is -2.34. The molecule has 74 valence electrons. The van der Waals surface area contributed by atoms with E-state index >= 15 is 0 Å². The van der Waals surface area contributed by atoms with Gasteiger partial charge >= 0.3 is 6.03 Å². The molecule has 2 amide bonds. The zero-order valence-corrected chi connectivity index (χ0v) is 7.79. The Balaban J connectivity index is 2.08. The van der Waals surface area contributed by atoms with E-state index in [2.05, 4.69) is 5.32 Å². The maximum Gasteiger partial charge on any atom is 0.317 e. The van der Waals surface area contributed by atoms with Gasteiger partial charge < -0.3 is 10.2 Å². The van der Waals surface area contributed by atoms with Crippen LogP contribution in [0.1, 0.15) is 13.3 Å². The van der Waals surface area contributed by atoms with E-state index < -0.39 is 6.17 Å². The highest BCUT2D eigenvalue weighted by Gasteiger charge is 2.29. The third-order valence-electron chi connectivity index (χ3n) is 1.90. The van der Waals surface area contributed by atoms with Crippen molar-refractivity contribution in [2.75, 3.05) is 19.6 Å². The van der Waals surface area contributed by atoms with Gasteiger partial charge in [0.15, 0.2) is 0 Å². The number of urea groups is 1. The Morgan fingerprint density at radius 2 is 2.31 bits per heavy atom. The fourth-order valence-electron chi connectivity index (χ4n) is 1.10. The molecule has 1 aliphatic rings. The highest BCUT2D eigenvalue weighted by molar-refractivity contribution is 5.75. The standard InChI is InChI=1S/C9H15FN2O/c1-2-3-4-5-11-9(13)12-6-8(10)7-12/h3-4,8H,2,5-7H2,1H3,(H,11,13). The zero-order chi connectivity index (χ0) is 9.68. The maximum absolute atomic E-state index is 12.3. The molecule has 4 heteroatoms. The van der Waals surface area contributed by atoms with Crippen LogP contribution in [0.4, 0.5) is 9.18 Å². The molecule has 13 heavy (non-hydrogen) atoms. The first-order valence-corrected chi connectivity index (χ1v) is 4.56. The van der Waals surface area contributed by atoms with Crippen molar-refractivity contribution >= 4 is 6.03 Å². The topological polar surface area (TPSA) is 32.3 Å². The third-order valence-corrected chi connectivity index (χ3v) is 1.90. The number of allylic oxidation sites excluding steroid dienone is 1. The predicted octanol–water partition coefficient (Wildman–Crippen LogP) is 1.32. The molecule has 0 aromatic heterocycles. The quantitative estimate of drug-likeness (QED) is 0.662. The van der Waals surface area contributed by atoms with Gasteiger partial charge in [-0.2, -0.15) is 0 Å². The molecule has 1 aliphatic heterocycles. The SMILES string of the molecule is CCC=CCNC(=O)N1CC(F)C1. The van der Waals surface area contributed by atoms with Gasteiger partial charge in [-0.05, 0) is 6.42 Å². The smallest absolute Gasteiger partial charge is 0.317 e. The number of alkyl halides is 1. The minimum atomic E-state index is -0.822. The Morgan fingerprint density at radius 3 is 2.85 bits per heavy atom. The van der Waals surface area contributed by atoms with E-state index in [1.54, 1.807) is 0 Å². The maximum atomic E-state index is 12.3. The second kappa shape index (κ2) is 4.84. The minimum Gasteiger partial charge on any atom is -0.335 e. The average Bonchev–Trinajstić information content (AvgIpc) is 2.07. The lowest BCUT2D eigenvalue weighted by molar-refractivity contribution is 0.0904. The van der Waals surface area contributed by atoms with Crippen molar-refractivity contribution in [1.29, 1.82) is 0 Å². The fourth-order valence-corrected chi connectivity index (χ4v) is 1.10. The van der Waals surface area contributed by atoms with E-state index in [-0.39, 0.29) is 19.1 Å². The number of hydrogen-bond donors (Lipinski definition) is 1. The number of carbonyl (C=O) groups is 1. The molecule has 0 unspecified atom stereocenters. The van der Waals surface area contributed by atoms with Gasteiger partial charge in [-0.25, -0.2) is 9.18 Å². The van der Waals surface area contributed by atoms with Crippen LogP contribution in [-0.4, -0.2) is 36.7 Å². The molecular weight excluding hydrogens is 171 g/mol. The molecule has 0 atom stereocenters. The van der Waals surface area contributed by atoms with E-state index in [1.165, 1.54) is 4.90 Å². The molecule has 1 N–H and O–H groups in total. The largest absolute Gasteiger partial charge is 0.335 e. The number of hydrogen-bond acceptors (Lipinski definition) is 1. The molecule has 0 radical (unpaired) electrons. The van der Waals surface area contributed by atoms with E-state index in [0.29, 0.717) is 6.54 Å². The Hall–Kier alpha value is -1.06. The van der Waals surface area contributed by atoms with E-state index in [9.17, 15) is 9.18 Å². The average molecular weight is 186 g/mol. The van der Waals surface area contributed by atoms with Gasteiger partial charge in [0, 0.05) is 6.54 Å². The molecule has 0 aliphatic carbocycles. The fraction of sp³-hybridized carbons (Fsp3) is 0.667. The monoisotopic (exact) mass is 186 g/mol. The summed E-state index contributed by atoms with van der Waals surface area (Å²) in [4.78, 5) is 12.6. The van der Waals surface area contributed by atoms with Crippen LogP contribution < -0.4 is 5.32 Å². The van der Waals surface area contributed by atoms with Gasteiger partial charge in [0.1, 0.15) is 6.17 Å². The van der Waals surface area contributed by atoms with Crippen LogP contribution in [0.2, 0.25) is 0 Å². The molecular formula is C9H15FN2O. The minimum absolute atomic E-state index is 0.172. The highest BCUT2D eigenvalue weighted by atomic mass is 19.1. The van der Waals surface area contributed by atoms with E-state index in [0.717, 1.165) is 6.42 Å². The molecule has 1 saturated heterocycles. The van der Waals surface area contributed by atoms with Crippen LogP contribution >= 0.6 is 0 Å². The van der Waals surface area contributed by atoms with Crippen molar-refractivity contribution in [2.45, 2.75) is 19.5 Å². The van der Waals surface area contributed by atoms with Crippen LogP contribution in [0.15, 0.2) is 12.2 Å². The zero-order valence-electron chi connectivity index (χ0n) is 7.79. The number of halogens is 1. The first-order chi connectivity index (χ1) is 6.24. The summed E-state index contributed by atoms with van der Waals surface area (Å²) in [6.07, 6.45) is 4.02. The summed E-state index contributed by atoms with van der Waals surface area (Å²) in [6.45, 7) is 3.04. The molecule has 0 bridgehead atoms. The van der Waals surface area contributed by atoms with Gasteiger partial charge in [0.05, 0.1) is 13.1 Å². The molecule has 0 aromatic carbocycles. The molecule has 1 heterocycles. The molecule has 0 spiro atoms. The first-order valence-electron chi connectivity index (χ1n) is 4.56. The number of amides is 2. The summed E-state index contributed by atoms with van der Waals surface area (Å²) in [5, 5.41) is 2.67. The van der Waals surface area contributed by atoms with Crippen molar-refractivity contribution in [2.24, 2.45) is 0 Å². The van der Waals surface area contributed by atoms with Gasteiger partial charge in [-0.1, -0.05) is 19.1 Å². The predicted molar refractivity (Wildman–Crippen MR) is 49.3 cm³/mol. The number of nitrogens with one attached hydrogen (secondary N) is 1. The van der Waals surface area contributed by atoms with Crippen molar-refractivity contribution in [3.63, 3.8) is 0 Å². The summed E-state index contributed by atoms with van der Waals surface area (Å²) in [6, 6.07) is -0.172. The summed E-state index contributed by atoms with van der Waals surface area (Å²) >= 11 is 0. The number of carbonyl (C=O) groups excluding carboxylic acids is 1. The summed E-state index contributed by atoms with van der Waals surface area (Å²) in [5.74, 6) is 0. The van der Waals surface area contributed by atoms with E-state index in [4.69, 9.17) is 0 Å². The molecule has 3 nitrogen and oxygen atoms in total. The van der Waals surface area contributed by atoms with Gasteiger partial charge in [-0.15, -0.1) is 0 Å². The van der Waals surface area contributed by atoms with Crippen molar-refractivity contribution in [3.05, 3.63) is 12.2 Å². The van der Waals surface area contributed by atoms with Crippen LogP contribution in [0.5, 0.6) is 0 Å². The molecule has 1 rings (SSSR count). The third kappa shape index (κ3) is 3.05. The lowest BCUT2D eigenvalue weighted by Crippen LogP contribution is -2.55. The van der Waals surface area contributed by atoms with Crippen LogP contribution in [0.3, 0.4) is 0 Å². The first kappa shape index (κ1) is 10.0. The van der Waals surface area contributed by atoms with Gasteiger partial charge in [0.25, 0.3) is 0 Å². The summed E-state index contributed by atoms with van der Waals surface area (Å²) in [7, 11) is 0. The Bertz CT molecular complexity index is 200. The summed E-state index contributed by atoms with van der Waals surface area (Å²) < 4.78 is 12.3. The van der Waals surface area contributed by atoms with Crippen LogP contribution in [-0.2, 0) is 0 Å². The normalized spacial score (nSPS) is 17.5. The Labute approximate surface area is 77.6 Å². The highest BCUT2D eigenvalue weighted by Crippen LogP contribution is 2.10. The lowest BCUT2D eigenvalue weighted by atomic mass is 10.2. The van der Waals surface area contributed by atoms with Crippen LogP contribution in [0, 0.1) is 0 Å². The van der Waals surface area contributed by atoms with E-state index in [1.807, 2.05) is 19.1 Å². The number of nitrogens with zero attached hydrogens (tertiary/aromatic N) is 1. The van der Waals surface area contributed by atoms with Crippen molar-refractivity contribution in [1.82, 2.24) is 10.2 Å². The second-order valence-corrected chi connectivity index (χ2v) is 3.07. The number of likely N-dealkylation sites (tertiary alicyclic amines) is 1. The van der Waals surface area contributed by atoms with Gasteiger partial charge in [0.2, 0.25) is 0 Å². The molecule has 0 aromatic rings. The van der Waals surface area contributed by atoms with Crippen molar-refractivity contribution < 1.29 is 9.18 Å². The van der Waals surface area contributed by atoms with Gasteiger partial charge in [-0.3, -0.25) is 0 Å². The van der Waals surface area contributed by atoms with Crippen LogP contribution in [0.25, 0.3) is 0 Å². The molecule has 0 saturated carbocycles. The second-order valence-electron chi connectivity index (χ2n) is 3.07. The molecule has 1 fully saturated rings. The van der Waals surface area contributed by atoms with Crippen molar-refractivity contribution in [3.8, 4) is 0 Å². The summed E-state index contributed by atoms with van der Waals surface area (Å²) in [5.41, 5.74) is 0. The Morgan fingerprint density at radius 1 is 1.62 bits per heavy atom.